The van der Waals surface area contributed by atoms with E-state index in [2.05, 4.69) is 24.1 Å². The molecule has 2 atom stereocenters. The zero-order valence-electron chi connectivity index (χ0n) is 14.2. The maximum atomic E-state index is 9.83. The molecule has 126 valence electrons. The molecule has 1 aliphatic heterocycles. The van der Waals surface area contributed by atoms with Gasteiger partial charge in [-0.1, -0.05) is 0 Å². The van der Waals surface area contributed by atoms with Gasteiger partial charge in [-0.15, -0.1) is 0 Å². The van der Waals surface area contributed by atoms with Gasteiger partial charge in [-0.2, -0.15) is 0 Å². The Morgan fingerprint density at radius 3 is 2.62 bits per heavy atom. The average molecular weight is 302 g/mol. The number of nitrogens with one attached hydrogen (secondary N) is 1. The average Bonchev–Trinajstić information content (AvgIpc) is 2.87. The quantitative estimate of drug-likeness (QED) is 0.560. The highest BCUT2D eigenvalue weighted by molar-refractivity contribution is 4.79. The summed E-state index contributed by atoms with van der Waals surface area (Å²) in [4.78, 5) is 2.51. The molecule has 1 aliphatic rings. The fourth-order valence-electron chi connectivity index (χ4n) is 2.57. The molecule has 1 fully saturated rings. The van der Waals surface area contributed by atoms with Gasteiger partial charge in [-0.3, -0.25) is 0 Å². The third-order valence-electron chi connectivity index (χ3n) is 3.85. The molecule has 0 aromatic carbocycles. The molecular weight excluding hydrogens is 268 g/mol. The summed E-state index contributed by atoms with van der Waals surface area (Å²) in [7, 11) is 0. The third kappa shape index (κ3) is 8.73. The Kier molecular flexibility index (Phi) is 9.44. The van der Waals surface area contributed by atoms with E-state index in [1.807, 2.05) is 13.8 Å². The first kappa shape index (κ1) is 18.8. The minimum Gasteiger partial charge on any atom is -0.389 e. The zero-order valence-corrected chi connectivity index (χ0v) is 14.2. The second kappa shape index (κ2) is 10.5. The second-order valence-electron chi connectivity index (χ2n) is 6.55. The Morgan fingerprint density at radius 2 is 2.00 bits per heavy atom. The number of nitrogens with zero attached hydrogens (tertiary/aromatic N) is 1. The van der Waals surface area contributed by atoms with Crippen molar-refractivity contribution in [3.05, 3.63) is 0 Å². The number of hydrogen-bond acceptors (Lipinski definition) is 5. The van der Waals surface area contributed by atoms with E-state index in [4.69, 9.17) is 9.47 Å². The number of aliphatic hydroxyl groups is 1. The van der Waals surface area contributed by atoms with Crippen LogP contribution < -0.4 is 5.32 Å². The Morgan fingerprint density at radius 1 is 1.24 bits per heavy atom. The van der Waals surface area contributed by atoms with E-state index in [1.165, 1.54) is 19.5 Å². The lowest BCUT2D eigenvalue weighted by atomic mass is 10.1. The largest absolute Gasteiger partial charge is 0.389 e. The van der Waals surface area contributed by atoms with E-state index in [0.717, 1.165) is 6.54 Å². The van der Waals surface area contributed by atoms with Crippen LogP contribution in [0.3, 0.4) is 0 Å². The van der Waals surface area contributed by atoms with Crippen LogP contribution in [0.4, 0.5) is 0 Å². The molecule has 0 aliphatic carbocycles. The Hall–Kier alpha value is -0.200. The molecule has 0 spiro atoms. The van der Waals surface area contributed by atoms with Gasteiger partial charge < -0.3 is 24.8 Å². The highest BCUT2D eigenvalue weighted by atomic mass is 16.5. The molecule has 5 heteroatoms. The first-order valence-electron chi connectivity index (χ1n) is 8.31. The first-order chi connectivity index (χ1) is 9.99. The van der Waals surface area contributed by atoms with Crippen LogP contribution in [0.1, 0.15) is 34.1 Å². The monoisotopic (exact) mass is 302 g/mol. The van der Waals surface area contributed by atoms with E-state index < -0.39 is 6.10 Å². The number of likely N-dealkylation sites (tertiary alicyclic amines) is 1. The molecule has 0 saturated carbocycles. The van der Waals surface area contributed by atoms with Crippen LogP contribution in [0.15, 0.2) is 0 Å². The maximum absolute atomic E-state index is 9.83. The molecule has 1 rings (SSSR count). The molecule has 1 heterocycles. The van der Waals surface area contributed by atoms with Crippen LogP contribution >= 0.6 is 0 Å². The SMILES string of the molecule is CC(C)OCCOCC(O)CNCC1CCN(C(C)C)C1. The van der Waals surface area contributed by atoms with Crippen molar-refractivity contribution in [1.82, 2.24) is 10.2 Å². The Bertz CT molecular complexity index is 262. The van der Waals surface area contributed by atoms with Crippen molar-refractivity contribution < 1.29 is 14.6 Å². The predicted octanol–water partition coefficient (Wildman–Crippen LogP) is 1.11. The summed E-state index contributed by atoms with van der Waals surface area (Å²) >= 11 is 0. The lowest BCUT2D eigenvalue weighted by molar-refractivity contribution is -0.0101. The zero-order chi connectivity index (χ0) is 15.7. The van der Waals surface area contributed by atoms with Crippen LogP contribution in [0.2, 0.25) is 0 Å². The van der Waals surface area contributed by atoms with E-state index in [0.29, 0.717) is 38.3 Å². The number of hydrogen-bond donors (Lipinski definition) is 2. The van der Waals surface area contributed by atoms with E-state index in [1.54, 1.807) is 0 Å². The fourth-order valence-corrected chi connectivity index (χ4v) is 2.57. The van der Waals surface area contributed by atoms with Gasteiger partial charge >= 0.3 is 0 Å². The number of rotatable bonds is 11. The molecule has 0 bridgehead atoms. The standard InChI is InChI=1S/C16H34N2O3/c1-13(2)18-6-5-15(11-18)9-17-10-16(19)12-20-7-8-21-14(3)4/h13-17,19H,5-12H2,1-4H3. The summed E-state index contributed by atoms with van der Waals surface area (Å²) in [5.41, 5.74) is 0. The molecule has 2 unspecified atom stereocenters. The van der Waals surface area contributed by atoms with Gasteiger partial charge in [0.1, 0.15) is 0 Å². The van der Waals surface area contributed by atoms with Crippen LogP contribution in [-0.4, -0.2) is 74.3 Å². The third-order valence-corrected chi connectivity index (χ3v) is 3.85. The van der Waals surface area contributed by atoms with Gasteiger partial charge in [0.05, 0.1) is 32.0 Å². The maximum Gasteiger partial charge on any atom is 0.0897 e. The first-order valence-corrected chi connectivity index (χ1v) is 8.31. The van der Waals surface area contributed by atoms with Gasteiger partial charge in [-0.05, 0) is 53.1 Å². The van der Waals surface area contributed by atoms with Crippen molar-refractivity contribution in [2.24, 2.45) is 5.92 Å². The van der Waals surface area contributed by atoms with Crippen LogP contribution in [0.25, 0.3) is 0 Å². The van der Waals surface area contributed by atoms with E-state index in [9.17, 15) is 5.11 Å². The molecule has 21 heavy (non-hydrogen) atoms. The highest BCUT2D eigenvalue weighted by Gasteiger charge is 2.23. The van der Waals surface area contributed by atoms with E-state index in [-0.39, 0.29) is 6.10 Å². The van der Waals surface area contributed by atoms with Crippen molar-refractivity contribution in [3.8, 4) is 0 Å². The number of aliphatic hydroxyl groups excluding tert-OH is 1. The van der Waals surface area contributed by atoms with Crippen LogP contribution in [0.5, 0.6) is 0 Å². The molecular formula is C16H34N2O3. The second-order valence-corrected chi connectivity index (χ2v) is 6.55. The molecule has 0 amide bonds. The lowest BCUT2D eigenvalue weighted by Crippen LogP contribution is -2.35. The van der Waals surface area contributed by atoms with Gasteiger partial charge in [0.2, 0.25) is 0 Å². The van der Waals surface area contributed by atoms with Gasteiger partial charge in [0.25, 0.3) is 0 Å². The molecule has 2 N–H and O–H groups in total. The van der Waals surface area contributed by atoms with Gasteiger partial charge in [0, 0.05) is 19.1 Å². The van der Waals surface area contributed by atoms with Gasteiger partial charge in [0.15, 0.2) is 0 Å². The molecule has 1 saturated heterocycles. The fraction of sp³-hybridized carbons (Fsp3) is 1.00. The number of ether oxygens (including phenoxy) is 2. The summed E-state index contributed by atoms with van der Waals surface area (Å²) < 4.78 is 10.8. The summed E-state index contributed by atoms with van der Waals surface area (Å²) in [5.74, 6) is 0.708. The molecule has 0 radical (unpaired) electrons. The minimum atomic E-state index is -0.438. The Balaban J connectivity index is 1.95. The van der Waals surface area contributed by atoms with Crippen LogP contribution in [-0.2, 0) is 9.47 Å². The summed E-state index contributed by atoms with van der Waals surface area (Å²) in [6, 6.07) is 0.641. The Labute approximate surface area is 130 Å². The molecule has 0 aromatic rings. The van der Waals surface area contributed by atoms with Crippen molar-refractivity contribution in [2.75, 3.05) is 46.0 Å². The highest BCUT2D eigenvalue weighted by Crippen LogP contribution is 2.17. The van der Waals surface area contributed by atoms with Crippen molar-refractivity contribution in [3.63, 3.8) is 0 Å². The topological polar surface area (TPSA) is 54.0 Å². The minimum absolute atomic E-state index is 0.233. The van der Waals surface area contributed by atoms with Crippen molar-refractivity contribution in [2.45, 2.75) is 52.4 Å². The van der Waals surface area contributed by atoms with Crippen LogP contribution in [0, 0.1) is 5.92 Å². The van der Waals surface area contributed by atoms with E-state index >= 15 is 0 Å². The predicted molar refractivity (Wildman–Crippen MR) is 85.6 cm³/mol. The normalized spacial score (nSPS) is 21.6. The molecule has 5 nitrogen and oxygen atoms in total. The van der Waals surface area contributed by atoms with Crippen molar-refractivity contribution >= 4 is 0 Å². The summed E-state index contributed by atoms with van der Waals surface area (Å²) in [5, 5.41) is 13.2. The lowest BCUT2D eigenvalue weighted by Gasteiger charge is -2.20. The summed E-state index contributed by atoms with van der Waals surface area (Å²) in [6.07, 6.45) is 1.05. The summed E-state index contributed by atoms with van der Waals surface area (Å²) in [6.45, 7) is 14.0. The van der Waals surface area contributed by atoms with Gasteiger partial charge in [-0.25, -0.2) is 0 Å². The molecule has 0 aromatic heterocycles. The smallest absolute Gasteiger partial charge is 0.0897 e. The van der Waals surface area contributed by atoms with Crippen molar-refractivity contribution in [1.29, 1.82) is 0 Å².